The average Bonchev–Trinajstić information content (AvgIpc) is 2.59. The fraction of sp³-hybridized carbons (Fsp3) is 0.391. The molecule has 0 unspecified atom stereocenters. The van der Waals surface area contributed by atoms with Crippen molar-refractivity contribution in [3.05, 3.63) is 53.6 Å². The van der Waals surface area contributed by atoms with Gasteiger partial charge in [-0.2, -0.15) is 0 Å². The number of carbonyl (C=O) groups is 2. The van der Waals surface area contributed by atoms with E-state index in [-0.39, 0.29) is 11.9 Å². The van der Waals surface area contributed by atoms with Crippen molar-refractivity contribution in [3.63, 3.8) is 0 Å². The van der Waals surface area contributed by atoms with Crippen LogP contribution in [0, 0.1) is 0 Å². The smallest absolute Gasteiger partial charge is 0.331 e. The lowest BCUT2D eigenvalue weighted by atomic mass is 9.95. The fourth-order valence-electron chi connectivity index (χ4n) is 2.90. The van der Waals surface area contributed by atoms with E-state index in [0.29, 0.717) is 19.4 Å². The highest BCUT2D eigenvalue weighted by atomic mass is 16.6. The Balaban J connectivity index is 2.25. The van der Waals surface area contributed by atoms with Crippen LogP contribution >= 0.6 is 0 Å². The Hall–Kier alpha value is -2.62. The number of rotatable bonds is 7. The number of carbonyl (C=O) groups excluding carboxylic acids is 2. The molecule has 4 nitrogen and oxygen atoms in total. The van der Waals surface area contributed by atoms with Gasteiger partial charge in [0.25, 0.3) is 0 Å². The number of ether oxygens (including phenoxy) is 2. The monoisotopic (exact) mass is 368 g/mol. The summed E-state index contributed by atoms with van der Waals surface area (Å²) in [7, 11) is 0. The molecule has 0 heterocycles. The predicted octanol–water partition coefficient (Wildman–Crippen LogP) is 5.08. The summed E-state index contributed by atoms with van der Waals surface area (Å²) in [6.07, 6.45) is 5.11. The Labute approximate surface area is 161 Å². The summed E-state index contributed by atoms with van der Waals surface area (Å²) in [6.45, 7) is 7.74. The lowest BCUT2D eigenvalue weighted by molar-refractivity contribution is -0.148. The lowest BCUT2D eigenvalue weighted by Gasteiger charge is -2.18. The second-order valence-electron chi connectivity index (χ2n) is 7.38. The maximum Gasteiger partial charge on any atom is 0.331 e. The minimum Gasteiger partial charge on any atom is -0.466 e. The van der Waals surface area contributed by atoms with Crippen molar-refractivity contribution < 1.29 is 19.1 Å². The Morgan fingerprint density at radius 1 is 1.07 bits per heavy atom. The maximum atomic E-state index is 12.1. The van der Waals surface area contributed by atoms with Gasteiger partial charge in [-0.05, 0) is 68.5 Å². The third-order valence-corrected chi connectivity index (χ3v) is 3.99. The summed E-state index contributed by atoms with van der Waals surface area (Å²) in [6, 6.07) is 12.2. The summed E-state index contributed by atoms with van der Waals surface area (Å²) in [4.78, 5) is 23.7. The molecule has 0 radical (unpaired) electrons. The number of fused-ring (bicyclic) bond motifs is 1. The molecule has 0 fully saturated rings. The van der Waals surface area contributed by atoms with Gasteiger partial charge >= 0.3 is 11.9 Å². The fourth-order valence-corrected chi connectivity index (χ4v) is 2.90. The molecule has 27 heavy (non-hydrogen) atoms. The van der Waals surface area contributed by atoms with E-state index in [1.165, 1.54) is 6.08 Å². The normalized spacial score (nSPS) is 11.7. The topological polar surface area (TPSA) is 52.6 Å². The first-order valence-corrected chi connectivity index (χ1v) is 9.37. The van der Waals surface area contributed by atoms with E-state index in [1.54, 1.807) is 6.92 Å². The van der Waals surface area contributed by atoms with Gasteiger partial charge in [0.05, 0.1) is 6.61 Å². The first-order chi connectivity index (χ1) is 12.8. The molecule has 0 atom stereocenters. The van der Waals surface area contributed by atoms with E-state index in [2.05, 4.69) is 12.1 Å². The zero-order chi connectivity index (χ0) is 19.9. The summed E-state index contributed by atoms with van der Waals surface area (Å²) < 4.78 is 10.4. The van der Waals surface area contributed by atoms with Crippen molar-refractivity contribution in [2.75, 3.05) is 6.61 Å². The Morgan fingerprint density at radius 2 is 1.81 bits per heavy atom. The summed E-state index contributed by atoms with van der Waals surface area (Å²) in [5, 5.41) is 2.18. The molecule has 0 aliphatic rings. The van der Waals surface area contributed by atoms with Gasteiger partial charge in [0, 0.05) is 12.5 Å². The van der Waals surface area contributed by atoms with Crippen LogP contribution in [0.1, 0.15) is 51.7 Å². The quantitative estimate of drug-likeness (QED) is 0.505. The number of aryl methyl sites for hydroxylation is 1. The van der Waals surface area contributed by atoms with E-state index in [0.717, 1.165) is 28.3 Å². The molecule has 0 bridgehead atoms. The van der Waals surface area contributed by atoms with Crippen LogP contribution in [0.4, 0.5) is 0 Å². The summed E-state index contributed by atoms with van der Waals surface area (Å²) >= 11 is 0. The number of benzene rings is 2. The van der Waals surface area contributed by atoms with E-state index in [9.17, 15) is 9.59 Å². The molecule has 0 aliphatic carbocycles. The Kier molecular flexibility index (Phi) is 7.17. The van der Waals surface area contributed by atoms with Crippen molar-refractivity contribution in [2.24, 2.45) is 0 Å². The van der Waals surface area contributed by atoms with Crippen molar-refractivity contribution in [3.8, 4) is 0 Å². The Morgan fingerprint density at radius 3 is 2.52 bits per heavy atom. The molecule has 0 N–H and O–H groups in total. The number of esters is 2. The highest BCUT2D eigenvalue weighted by Crippen LogP contribution is 2.25. The van der Waals surface area contributed by atoms with Crippen molar-refractivity contribution in [1.82, 2.24) is 0 Å². The maximum absolute atomic E-state index is 12.1. The first kappa shape index (κ1) is 20.7. The predicted molar refractivity (Wildman–Crippen MR) is 108 cm³/mol. The molecule has 4 heteroatoms. The molecule has 2 aromatic carbocycles. The third-order valence-electron chi connectivity index (χ3n) is 3.99. The SMILES string of the molecule is CCOC(=O)CCCc1ccc2ccccc2c1/C=C/C(=O)OC(C)(C)C. The van der Waals surface area contributed by atoms with E-state index >= 15 is 0 Å². The molecule has 0 aliphatic heterocycles. The van der Waals surface area contributed by atoms with Crippen molar-refractivity contribution in [1.29, 1.82) is 0 Å². The summed E-state index contributed by atoms with van der Waals surface area (Å²) in [5.41, 5.74) is 1.56. The van der Waals surface area contributed by atoms with Gasteiger partial charge in [0.1, 0.15) is 5.60 Å². The summed E-state index contributed by atoms with van der Waals surface area (Å²) in [5.74, 6) is -0.544. The zero-order valence-corrected chi connectivity index (χ0v) is 16.6. The van der Waals surface area contributed by atoms with Gasteiger partial charge in [-0.25, -0.2) is 4.79 Å². The highest BCUT2D eigenvalue weighted by molar-refractivity contribution is 5.96. The van der Waals surface area contributed by atoms with Crippen LogP contribution in [0.5, 0.6) is 0 Å². The number of hydrogen-bond donors (Lipinski definition) is 0. The largest absolute Gasteiger partial charge is 0.466 e. The van der Waals surface area contributed by atoms with Crippen LogP contribution in [-0.4, -0.2) is 24.1 Å². The molecule has 0 spiro atoms. The van der Waals surface area contributed by atoms with Gasteiger partial charge in [0.15, 0.2) is 0 Å². The molecular formula is C23H28O4. The minimum absolute atomic E-state index is 0.177. The second-order valence-corrected chi connectivity index (χ2v) is 7.38. The first-order valence-electron chi connectivity index (χ1n) is 9.37. The third kappa shape index (κ3) is 6.55. The molecule has 144 valence electrons. The van der Waals surface area contributed by atoms with Gasteiger partial charge in [-0.1, -0.05) is 36.4 Å². The van der Waals surface area contributed by atoms with Crippen LogP contribution in [0.3, 0.4) is 0 Å². The molecule has 2 aromatic rings. The minimum atomic E-state index is -0.525. The van der Waals surface area contributed by atoms with Crippen LogP contribution in [0.15, 0.2) is 42.5 Å². The second kappa shape index (κ2) is 9.36. The lowest BCUT2D eigenvalue weighted by Crippen LogP contribution is -2.22. The molecule has 0 aromatic heterocycles. The van der Waals surface area contributed by atoms with Crippen LogP contribution < -0.4 is 0 Å². The standard InChI is InChI=1S/C23H28O4/c1-5-26-21(24)12-8-10-18-14-13-17-9-6-7-11-19(17)20(18)15-16-22(25)27-23(2,3)4/h6-7,9,11,13-16H,5,8,10,12H2,1-4H3/b16-15+. The van der Waals surface area contributed by atoms with Crippen molar-refractivity contribution in [2.45, 2.75) is 52.6 Å². The van der Waals surface area contributed by atoms with Gasteiger partial charge in [-0.3, -0.25) is 4.79 Å². The Bertz CT molecular complexity index is 828. The van der Waals surface area contributed by atoms with Crippen LogP contribution in [-0.2, 0) is 25.5 Å². The van der Waals surface area contributed by atoms with Crippen LogP contribution in [0.25, 0.3) is 16.8 Å². The van der Waals surface area contributed by atoms with Gasteiger partial charge in [-0.15, -0.1) is 0 Å². The molecular weight excluding hydrogens is 340 g/mol. The molecule has 0 saturated heterocycles. The van der Waals surface area contributed by atoms with Gasteiger partial charge < -0.3 is 9.47 Å². The molecule has 0 amide bonds. The molecule has 2 rings (SSSR count). The zero-order valence-electron chi connectivity index (χ0n) is 16.6. The van der Waals surface area contributed by atoms with E-state index < -0.39 is 5.60 Å². The van der Waals surface area contributed by atoms with Crippen molar-refractivity contribution >= 4 is 28.8 Å². The molecule has 0 saturated carbocycles. The number of hydrogen-bond acceptors (Lipinski definition) is 4. The van der Waals surface area contributed by atoms with Gasteiger partial charge in [0.2, 0.25) is 0 Å². The van der Waals surface area contributed by atoms with E-state index in [1.807, 2.05) is 51.1 Å². The van der Waals surface area contributed by atoms with E-state index in [4.69, 9.17) is 9.47 Å². The van der Waals surface area contributed by atoms with Crippen LogP contribution in [0.2, 0.25) is 0 Å². The highest BCUT2D eigenvalue weighted by Gasteiger charge is 2.14. The average molecular weight is 368 g/mol.